The summed E-state index contributed by atoms with van der Waals surface area (Å²) < 4.78 is 12.0. The molecule has 0 fully saturated rings. The molecule has 0 aliphatic carbocycles. The molecule has 6 heteroatoms. The lowest BCUT2D eigenvalue weighted by Gasteiger charge is -2.24. The summed E-state index contributed by atoms with van der Waals surface area (Å²) in [5.74, 6) is 1.53. The third-order valence-corrected chi connectivity index (χ3v) is 3.42. The van der Waals surface area contributed by atoms with Crippen molar-refractivity contribution in [3.05, 3.63) is 33.2 Å². The lowest BCUT2D eigenvalue weighted by molar-refractivity contribution is 0.0906. The van der Waals surface area contributed by atoms with Crippen molar-refractivity contribution < 1.29 is 9.47 Å². The Morgan fingerprint density at radius 1 is 1.38 bits per heavy atom. The number of ether oxygens (including phenoxy) is 2. The molecule has 82 valence electrons. The topological polar surface area (TPSA) is 47.1 Å². The Morgan fingerprint density at radius 2 is 2.19 bits per heavy atom. The Morgan fingerprint density at radius 3 is 2.94 bits per heavy atom. The Hall–Kier alpha value is -1.40. The van der Waals surface area contributed by atoms with Crippen molar-refractivity contribution >= 4 is 23.6 Å². The molecule has 16 heavy (non-hydrogen) atoms. The van der Waals surface area contributed by atoms with Crippen molar-refractivity contribution in [2.24, 2.45) is 0 Å². The summed E-state index contributed by atoms with van der Waals surface area (Å²) in [5, 5.41) is 7.65. The summed E-state index contributed by atoms with van der Waals surface area (Å²) >= 11 is 6.40. The summed E-state index contributed by atoms with van der Waals surface area (Å²) in [6, 6.07) is 7.60. The fourth-order valence-electron chi connectivity index (χ4n) is 1.52. The van der Waals surface area contributed by atoms with E-state index in [1.54, 1.807) is 0 Å². The minimum atomic E-state index is -0.173. The van der Waals surface area contributed by atoms with E-state index in [1.807, 2.05) is 24.3 Å². The number of nitrogens with zero attached hydrogens (tertiary/aromatic N) is 1. The van der Waals surface area contributed by atoms with Crippen LogP contribution in [0.1, 0.15) is 11.1 Å². The average Bonchev–Trinajstić information content (AvgIpc) is 2.75. The minimum Gasteiger partial charge on any atom is -0.485 e. The molecule has 0 radical (unpaired) electrons. The van der Waals surface area contributed by atoms with E-state index in [9.17, 15) is 0 Å². The number of aromatic nitrogens is 2. The van der Waals surface area contributed by atoms with E-state index >= 15 is 0 Å². The number of hydrogen-bond donors (Lipinski definition) is 1. The van der Waals surface area contributed by atoms with Gasteiger partial charge in [-0.05, 0) is 24.4 Å². The highest BCUT2D eigenvalue weighted by atomic mass is 32.1. The highest BCUT2D eigenvalue weighted by molar-refractivity contribution is 7.73. The molecule has 1 aromatic heterocycles. The van der Waals surface area contributed by atoms with Gasteiger partial charge in [-0.3, -0.25) is 5.10 Å². The Kier molecular flexibility index (Phi) is 2.37. The Balaban J connectivity index is 1.90. The second-order valence-corrected chi connectivity index (χ2v) is 5.01. The molecule has 2 aromatic rings. The summed E-state index contributed by atoms with van der Waals surface area (Å²) in [5.41, 5.74) is 0. The molecule has 1 N–H and O–H groups in total. The zero-order chi connectivity index (χ0) is 11.0. The fraction of sp³-hybridized carbons (Fsp3) is 0.200. The normalized spacial score (nSPS) is 18.4. The largest absolute Gasteiger partial charge is 0.485 e. The smallest absolute Gasteiger partial charge is 0.186 e. The molecule has 0 spiro atoms. The van der Waals surface area contributed by atoms with Crippen LogP contribution in [-0.2, 0) is 0 Å². The third kappa shape index (κ3) is 1.70. The van der Waals surface area contributed by atoms with Gasteiger partial charge in [-0.25, -0.2) is 0 Å². The Bertz CT molecular complexity index is 564. The number of aromatic amines is 1. The molecule has 1 aromatic carbocycles. The second kappa shape index (κ2) is 3.88. The number of para-hydroxylation sites is 2. The van der Waals surface area contributed by atoms with Gasteiger partial charge in [-0.15, -0.1) is 0 Å². The fourth-order valence-corrected chi connectivity index (χ4v) is 2.44. The second-order valence-electron chi connectivity index (χ2n) is 3.32. The first kappa shape index (κ1) is 9.80. The van der Waals surface area contributed by atoms with E-state index in [4.69, 9.17) is 21.7 Å². The maximum Gasteiger partial charge on any atom is 0.186 e. The lowest BCUT2D eigenvalue weighted by atomic mass is 10.3. The van der Waals surface area contributed by atoms with Gasteiger partial charge in [0, 0.05) is 0 Å². The molecule has 0 bridgehead atoms. The number of rotatable bonds is 1. The zero-order valence-electron chi connectivity index (χ0n) is 8.17. The van der Waals surface area contributed by atoms with E-state index in [-0.39, 0.29) is 6.10 Å². The van der Waals surface area contributed by atoms with Crippen LogP contribution in [-0.4, -0.2) is 16.8 Å². The van der Waals surface area contributed by atoms with Crippen LogP contribution in [0.2, 0.25) is 0 Å². The van der Waals surface area contributed by atoms with Crippen LogP contribution in [0.5, 0.6) is 11.5 Å². The van der Waals surface area contributed by atoms with Crippen LogP contribution in [0.25, 0.3) is 0 Å². The monoisotopic (exact) mass is 252 g/mol. The predicted molar refractivity (Wildman–Crippen MR) is 62.6 cm³/mol. The van der Waals surface area contributed by atoms with E-state index in [2.05, 4.69) is 10.2 Å². The molecule has 0 saturated carbocycles. The Labute approximate surface area is 101 Å². The third-order valence-electron chi connectivity index (χ3n) is 2.24. The molecule has 4 nitrogen and oxygen atoms in total. The van der Waals surface area contributed by atoms with Gasteiger partial charge in [0.25, 0.3) is 0 Å². The van der Waals surface area contributed by atoms with Crippen molar-refractivity contribution in [2.75, 3.05) is 6.61 Å². The predicted octanol–water partition coefficient (Wildman–Crippen LogP) is 2.71. The maximum atomic E-state index is 5.79. The first-order valence-corrected chi connectivity index (χ1v) is 5.99. The quantitative estimate of drug-likeness (QED) is 0.793. The molecule has 1 aliphatic rings. The number of benzene rings is 1. The number of fused-ring (bicyclic) bond motifs is 1. The molecule has 2 heterocycles. The highest BCUT2D eigenvalue weighted by Gasteiger charge is 2.24. The number of hydrogen-bond acceptors (Lipinski definition) is 5. The minimum absolute atomic E-state index is 0.173. The van der Waals surface area contributed by atoms with Crippen LogP contribution in [0, 0.1) is 3.95 Å². The van der Waals surface area contributed by atoms with Gasteiger partial charge >= 0.3 is 0 Å². The molecule has 1 atom stereocenters. The summed E-state index contributed by atoms with van der Waals surface area (Å²) in [4.78, 5) is 0. The van der Waals surface area contributed by atoms with Crippen molar-refractivity contribution in [3.63, 3.8) is 0 Å². The van der Waals surface area contributed by atoms with Gasteiger partial charge in [0.05, 0.1) is 0 Å². The number of nitrogens with one attached hydrogen (secondary N) is 1. The molecule has 1 unspecified atom stereocenters. The molecule has 0 amide bonds. The van der Waals surface area contributed by atoms with Gasteiger partial charge in [-0.2, -0.15) is 5.10 Å². The van der Waals surface area contributed by atoms with E-state index < -0.39 is 0 Å². The van der Waals surface area contributed by atoms with Crippen LogP contribution in [0.4, 0.5) is 0 Å². The highest BCUT2D eigenvalue weighted by Crippen LogP contribution is 2.36. The van der Waals surface area contributed by atoms with Gasteiger partial charge < -0.3 is 9.47 Å². The van der Waals surface area contributed by atoms with Crippen molar-refractivity contribution in [1.82, 2.24) is 10.2 Å². The van der Waals surface area contributed by atoms with Gasteiger partial charge in [0.1, 0.15) is 6.61 Å². The lowest BCUT2D eigenvalue weighted by Crippen LogP contribution is -2.21. The van der Waals surface area contributed by atoms with Gasteiger partial charge in [-0.1, -0.05) is 23.5 Å². The maximum absolute atomic E-state index is 5.79. The van der Waals surface area contributed by atoms with Crippen molar-refractivity contribution in [2.45, 2.75) is 6.10 Å². The first-order chi connectivity index (χ1) is 7.83. The van der Waals surface area contributed by atoms with Crippen LogP contribution < -0.4 is 9.47 Å². The SMILES string of the molecule is S=c1[nH]nc(C2COc3ccccc3O2)s1. The molecular formula is C10H8N2O2S2. The average molecular weight is 252 g/mol. The van der Waals surface area contributed by atoms with Crippen molar-refractivity contribution in [3.8, 4) is 11.5 Å². The molecular weight excluding hydrogens is 244 g/mol. The standard InChI is InChI=1S/C10H8N2O2S2/c15-10-12-11-9(16-10)8-5-13-6-3-1-2-4-7(6)14-8/h1-4,8H,5H2,(H,12,15). The number of H-pyrrole nitrogens is 1. The van der Waals surface area contributed by atoms with E-state index in [0.717, 1.165) is 16.5 Å². The van der Waals surface area contributed by atoms with Crippen LogP contribution in [0.15, 0.2) is 24.3 Å². The molecule has 1 aliphatic heterocycles. The van der Waals surface area contributed by atoms with Crippen molar-refractivity contribution in [1.29, 1.82) is 0 Å². The molecule has 3 rings (SSSR count). The summed E-state index contributed by atoms with van der Waals surface area (Å²) in [6.07, 6.45) is -0.173. The first-order valence-electron chi connectivity index (χ1n) is 4.77. The van der Waals surface area contributed by atoms with Gasteiger partial charge in [0.15, 0.2) is 26.6 Å². The zero-order valence-corrected chi connectivity index (χ0v) is 9.81. The summed E-state index contributed by atoms with van der Waals surface area (Å²) in [6.45, 7) is 0.465. The summed E-state index contributed by atoms with van der Waals surface area (Å²) in [7, 11) is 0. The van der Waals surface area contributed by atoms with Gasteiger partial charge in [0.2, 0.25) is 0 Å². The molecule has 0 saturated heterocycles. The van der Waals surface area contributed by atoms with Crippen LogP contribution >= 0.6 is 23.6 Å². The van der Waals surface area contributed by atoms with E-state index in [0.29, 0.717) is 10.6 Å². The van der Waals surface area contributed by atoms with E-state index in [1.165, 1.54) is 11.3 Å². The van der Waals surface area contributed by atoms with Crippen LogP contribution in [0.3, 0.4) is 0 Å².